The molecule has 0 saturated carbocycles. The Morgan fingerprint density at radius 3 is 2.43 bits per heavy atom. The van der Waals surface area contributed by atoms with Crippen molar-refractivity contribution in [2.45, 2.75) is 30.5 Å². The van der Waals surface area contributed by atoms with Crippen LogP contribution in [0.15, 0.2) is 46.1 Å². The predicted octanol–water partition coefficient (Wildman–Crippen LogP) is 4.12. The first-order chi connectivity index (χ1) is 10.7. The molecule has 0 aliphatic carbocycles. The lowest BCUT2D eigenvalue weighted by molar-refractivity contribution is 0.556. The van der Waals surface area contributed by atoms with Crippen molar-refractivity contribution in [1.82, 2.24) is 9.97 Å². The van der Waals surface area contributed by atoms with Gasteiger partial charge in [-0.2, -0.15) is 0 Å². The summed E-state index contributed by atoms with van der Waals surface area (Å²) in [5, 5.41) is 0.516. The fraction of sp³-hybridized carbons (Fsp3) is 0.250. The lowest BCUT2D eigenvalue weighted by Crippen LogP contribution is -2.28. The maximum atomic E-state index is 12.4. The molecule has 0 radical (unpaired) electrons. The van der Waals surface area contributed by atoms with Gasteiger partial charge >= 0.3 is 0 Å². The van der Waals surface area contributed by atoms with E-state index < -0.39 is 14.6 Å². The molecule has 3 rings (SSSR count). The van der Waals surface area contributed by atoms with E-state index in [4.69, 9.17) is 16.0 Å². The summed E-state index contributed by atoms with van der Waals surface area (Å²) < 4.78 is 29.5. The van der Waals surface area contributed by atoms with Crippen LogP contribution in [0.2, 0.25) is 5.02 Å². The lowest BCUT2D eigenvalue weighted by atomic mass is 10.2. The molecule has 3 heterocycles. The van der Waals surface area contributed by atoms with Crippen molar-refractivity contribution in [1.29, 1.82) is 0 Å². The molecule has 0 aliphatic heterocycles. The van der Waals surface area contributed by atoms with Crippen LogP contribution in [-0.2, 0) is 9.84 Å². The number of nitrogens with zero attached hydrogens (tertiary/aromatic N) is 2. The van der Waals surface area contributed by atoms with Crippen LogP contribution in [0.1, 0.15) is 20.8 Å². The number of halogens is 1. The third-order valence-corrected chi connectivity index (χ3v) is 6.17. The second-order valence-corrected chi connectivity index (χ2v) is 9.18. The quantitative estimate of drug-likeness (QED) is 0.695. The molecule has 0 N–H and O–H groups in total. The number of furan rings is 1. The highest BCUT2D eigenvalue weighted by Crippen LogP contribution is 2.31. The Kier molecular flexibility index (Phi) is 3.69. The molecule has 0 bridgehead atoms. The number of hydrogen-bond acceptors (Lipinski definition) is 5. The normalized spacial score (nSPS) is 12.7. The molecule has 120 valence electrons. The van der Waals surface area contributed by atoms with Gasteiger partial charge in [0.1, 0.15) is 11.3 Å². The van der Waals surface area contributed by atoms with Crippen molar-refractivity contribution >= 4 is 32.5 Å². The Balaban J connectivity index is 2.04. The molecule has 5 nitrogen and oxygen atoms in total. The molecule has 0 aliphatic rings. The molecule has 0 spiro atoms. The van der Waals surface area contributed by atoms with E-state index >= 15 is 0 Å². The summed E-state index contributed by atoms with van der Waals surface area (Å²) in [7, 11) is -3.48. The smallest absolute Gasteiger partial charge is 0.200 e. The minimum absolute atomic E-state index is 0.0426. The molecular formula is C16H15ClN2O3S. The molecule has 0 fully saturated rings. The highest BCUT2D eigenvalue weighted by atomic mass is 35.5. The molecule has 0 atom stereocenters. The van der Waals surface area contributed by atoms with Crippen LogP contribution >= 0.6 is 11.6 Å². The van der Waals surface area contributed by atoms with Crippen LogP contribution < -0.4 is 0 Å². The zero-order valence-corrected chi connectivity index (χ0v) is 14.4. The zero-order chi connectivity index (χ0) is 16.8. The molecule has 0 amide bonds. The van der Waals surface area contributed by atoms with Crippen LogP contribution in [0.4, 0.5) is 0 Å². The van der Waals surface area contributed by atoms with Gasteiger partial charge in [0.25, 0.3) is 0 Å². The summed E-state index contributed by atoms with van der Waals surface area (Å²) in [4.78, 5) is 8.27. The second-order valence-electron chi connectivity index (χ2n) is 6.12. The third-order valence-electron chi connectivity index (χ3n) is 3.47. The number of sulfone groups is 1. The van der Waals surface area contributed by atoms with E-state index in [2.05, 4.69) is 9.97 Å². The van der Waals surface area contributed by atoms with Crippen molar-refractivity contribution in [3.05, 3.63) is 41.7 Å². The van der Waals surface area contributed by atoms with Crippen molar-refractivity contribution in [2.24, 2.45) is 0 Å². The van der Waals surface area contributed by atoms with Crippen molar-refractivity contribution in [2.75, 3.05) is 0 Å². The average Bonchev–Trinajstić information content (AvgIpc) is 2.92. The van der Waals surface area contributed by atoms with Crippen molar-refractivity contribution in [3.63, 3.8) is 0 Å². The van der Waals surface area contributed by atoms with E-state index in [0.717, 1.165) is 0 Å². The summed E-state index contributed by atoms with van der Waals surface area (Å²) in [5.41, 5.74) is 1.79. The highest BCUT2D eigenvalue weighted by Gasteiger charge is 2.32. The maximum absolute atomic E-state index is 12.4. The van der Waals surface area contributed by atoms with Crippen molar-refractivity contribution in [3.8, 4) is 11.3 Å². The summed E-state index contributed by atoms with van der Waals surface area (Å²) in [6.07, 6.45) is 3.07. The Hall–Kier alpha value is -1.92. The minimum Gasteiger partial charge on any atom is -0.453 e. The first-order valence-electron chi connectivity index (χ1n) is 6.95. The molecular weight excluding hydrogens is 336 g/mol. The summed E-state index contributed by atoms with van der Waals surface area (Å²) in [6.45, 7) is 4.93. The van der Waals surface area contributed by atoms with E-state index in [1.165, 1.54) is 12.3 Å². The summed E-state index contributed by atoms with van der Waals surface area (Å²) >= 11 is 6.06. The molecule has 3 aromatic heterocycles. The van der Waals surface area contributed by atoms with Crippen LogP contribution in [0.3, 0.4) is 0 Å². The van der Waals surface area contributed by atoms with Crippen LogP contribution in [-0.4, -0.2) is 23.1 Å². The molecule has 0 saturated heterocycles. The Labute approximate surface area is 139 Å². The Bertz CT molecular complexity index is 971. The summed E-state index contributed by atoms with van der Waals surface area (Å²) in [6, 6.07) is 6.54. The molecule has 23 heavy (non-hydrogen) atoms. The highest BCUT2D eigenvalue weighted by molar-refractivity contribution is 7.92. The van der Waals surface area contributed by atoms with E-state index in [-0.39, 0.29) is 5.03 Å². The van der Waals surface area contributed by atoms with Gasteiger partial charge in [0.15, 0.2) is 20.4 Å². The fourth-order valence-electron chi connectivity index (χ4n) is 2.05. The SMILES string of the molecule is CC(C)(C)S(=O)(=O)c1ccc(-c2cc3nccc(Cl)c3o2)cn1. The van der Waals surface area contributed by atoms with Gasteiger partial charge < -0.3 is 4.42 Å². The molecule has 0 unspecified atom stereocenters. The van der Waals surface area contributed by atoms with Gasteiger partial charge in [-0.15, -0.1) is 0 Å². The number of hydrogen-bond donors (Lipinski definition) is 0. The van der Waals surface area contributed by atoms with Crippen LogP contribution in [0.5, 0.6) is 0 Å². The van der Waals surface area contributed by atoms with Crippen LogP contribution in [0, 0.1) is 0 Å². The zero-order valence-electron chi connectivity index (χ0n) is 12.9. The largest absolute Gasteiger partial charge is 0.453 e. The van der Waals surface area contributed by atoms with E-state index in [0.29, 0.717) is 27.4 Å². The first kappa shape index (κ1) is 16.0. The number of aromatic nitrogens is 2. The van der Waals surface area contributed by atoms with Gasteiger partial charge in [-0.3, -0.25) is 4.98 Å². The minimum atomic E-state index is -3.48. The van der Waals surface area contributed by atoms with E-state index in [9.17, 15) is 8.42 Å². The number of pyridine rings is 2. The van der Waals surface area contributed by atoms with E-state index in [1.807, 2.05) is 0 Å². The Morgan fingerprint density at radius 2 is 1.87 bits per heavy atom. The standard InChI is InChI=1S/C16H15ClN2O3S/c1-16(2,3)23(20,21)14-5-4-10(9-19-14)13-8-12-15(22-13)11(17)6-7-18-12/h4-9H,1-3H3. The van der Waals surface area contributed by atoms with Gasteiger partial charge in [-0.1, -0.05) is 11.6 Å². The summed E-state index contributed by atoms with van der Waals surface area (Å²) in [5.74, 6) is 0.535. The lowest BCUT2D eigenvalue weighted by Gasteiger charge is -2.18. The maximum Gasteiger partial charge on any atom is 0.200 e. The molecule has 3 aromatic rings. The van der Waals surface area contributed by atoms with E-state index in [1.54, 1.807) is 45.2 Å². The van der Waals surface area contributed by atoms with Gasteiger partial charge in [0.05, 0.1) is 9.77 Å². The van der Waals surface area contributed by atoms with Gasteiger partial charge in [0, 0.05) is 24.0 Å². The second kappa shape index (κ2) is 5.32. The fourth-order valence-corrected chi connectivity index (χ4v) is 3.31. The molecule has 0 aromatic carbocycles. The van der Waals surface area contributed by atoms with Gasteiger partial charge in [-0.05, 0) is 39.0 Å². The van der Waals surface area contributed by atoms with Crippen molar-refractivity contribution < 1.29 is 12.8 Å². The number of rotatable bonds is 2. The molecule has 7 heteroatoms. The monoisotopic (exact) mass is 350 g/mol. The first-order valence-corrected chi connectivity index (χ1v) is 8.81. The topological polar surface area (TPSA) is 73.1 Å². The van der Waals surface area contributed by atoms with Gasteiger partial charge in [0.2, 0.25) is 0 Å². The predicted molar refractivity (Wildman–Crippen MR) is 89.2 cm³/mol. The van der Waals surface area contributed by atoms with Gasteiger partial charge in [-0.25, -0.2) is 13.4 Å². The van der Waals surface area contributed by atoms with Crippen LogP contribution in [0.25, 0.3) is 22.4 Å². The third kappa shape index (κ3) is 2.72. The Morgan fingerprint density at radius 1 is 1.13 bits per heavy atom. The average molecular weight is 351 g/mol. The number of fused-ring (bicyclic) bond motifs is 1.